The van der Waals surface area contributed by atoms with Gasteiger partial charge in [-0.2, -0.15) is 0 Å². The molecule has 7 nitrogen and oxygen atoms in total. The maximum absolute atomic E-state index is 11.9. The fraction of sp³-hybridized carbons (Fsp3) is 0.400. The van der Waals surface area contributed by atoms with Gasteiger partial charge in [-0.1, -0.05) is 41.6 Å². The summed E-state index contributed by atoms with van der Waals surface area (Å²) >= 11 is 1.22. The van der Waals surface area contributed by atoms with Crippen LogP contribution in [-0.4, -0.2) is 52.8 Å². The Bertz CT molecular complexity index is 831. The first-order valence-electron chi connectivity index (χ1n) is 7.53. The van der Waals surface area contributed by atoms with Gasteiger partial charge in [0.15, 0.2) is 15.7 Å². The second-order valence-corrected chi connectivity index (χ2v) is 8.96. The van der Waals surface area contributed by atoms with Gasteiger partial charge in [0.25, 0.3) is 0 Å². The molecule has 0 bridgehead atoms. The molecule has 1 atom stereocenters. The van der Waals surface area contributed by atoms with Crippen molar-refractivity contribution in [3.05, 3.63) is 29.8 Å². The van der Waals surface area contributed by atoms with Crippen molar-refractivity contribution in [2.24, 2.45) is 0 Å². The van der Waals surface area contributed by atoms with Crippen LogP contribution in [0, 0.1) is 6.92 Å². The maximum atomic E-state index is 11.9. The van der Waals surface area contributed by atoms with Gasteiger partial charge in [-0.3, -0.25) is 9.89 Å². The zero-order chi connectivity index (χ0) is 17.2. The smallest absolute Gasteiger partial charge is 0.230 e. The third kappa shape index (κ3) is 4.35. The Morgan fingerprint density at radius 3 is 2.79 bits per heavy atom. The van der Waals surface area contributed by atoms with Crippen molar-refractivity contribution in [3.8, 4) is 11.4 Å². The normalized spacial score (nSPS) is 19.3. The Hall–Kier alpha value is -1.87. The summed E-state index contributed by atoms with van der Waals surface area (Å²) in [5.74, 6) is 0.776. The molecule has 1 aliphatic heterocycles. The first-order valence-corrected chi connectivity index (χ1v) is 10.3. The number of carbonyl (C=O) groups excluding carboxylic acids is 1. The van der Waals surface area contributed by atoms with Crippen molar-refractivity contribution < 1.29 is 13.2 Å². The summed E-state index contributed by atoms with van der Waals surface area (Å²) in [7, 11) is -2.99. The lowest BCUT2D eigenvalue weighted by molar-refractivity contribution is -0.119. The second kappa shape index (κ2) is 6.94. The molecule has 1 aliphatic rings. The minimum Gasteiger partial charge on any atom is -0.352 e. The molecule has 0 unspecified atom stereocenters. The first-order chi connectivity index (χ1) is 11.4. The predicted molar refractivity (Wildman–Crippen MR) is 92.5 cm³/mol. The van der Waals surface area contributed by atoms with E-state index in [0.29, 0.717) is 17.4 Å². The van der Waals surface area contributed by atoms with E-state index in [0.717, 1.165) is 5.56 Å². The summed E-state index contributed by atoms with van der Waals surface area (Å²) in [4.78, 5) is 16.3. The summed E-state index contributed by atoms with van der Waals surface area (Å²) in [5, 5.41) is 10.2. The highest BCUT2D eigenvalue weighted by Gasteiger charge is 2.28. The molecule has 0 radical (unpaired) electrons. The fourth-order valence-electron chi connectivity index (χ4n) is 2.46. The molecule has 1 aromatic carbocycles. The molecule has 0 saturated carbocycles. The van der Waals surface area contributed by atoms with Crippen LogP contribution in [-0.2, 0) is 14.6 Å². The quantitative estimate of drug-likeness (QED) is 0.770. The number of amides is 1. The number of rotatable bonds is 5. The summed E-state index contributed by atoms with van der Waals surface area (Å²) in [6, 6.07) is 7.62. The molecule has 1 aromatic heterocycles. The fourth-order valence-corrected chi connectivity index (χ4v) is 4.74. The number of nitrogens with zero attached hydrogens (tertiary/aromatic N) is 2. The van der Waals surface area contributed by atoms with E-state index >= 15 is 0 Å². The van der Waals surface area contributed by atoms with Crippen LogP contribution in [0.1, 0.15) is 12.0 Å². The van der Waals surface area contributed by atoms with Gasteiger partial charge in [0.2, 0.25) is 11.1 Å². The second-order valence-electron chi connectivity index (χ2n) is 5.79. The lowest BCUT2D eigenvalue weighted by Crippen LogP contribution is -2.36. The van der Waals surface area contributed by atoms with E-state index in [1.807, 2.05) is 31.2 Å². The van der Waals surface area contributed by atoms with E-state index in [4.69, 9.17) is 0 Å². The number of aromatic nitrogens is 3. The average Bonchev–Trinajstić information content (AvgIpc) is 3.12. The number of carbonyl (C=O) groups is 1. The molecular formula is C15H18N4O3S2. The number of aromatic amines is 1. The summed E-state index contributed by atoms with van der Waals surface area (Å²) in [6.07, 6.45) is 0.483. The van der Waals surface area contributed by atoms with Gasteiger partial charge < -0.3 is 5.32 Å². The highest BCUT2D eigenvalue weighted by Crippen LogP contribution is 2.19. The predicted octanol–water partition coefficient (Wildman–Crippen LogP) is 1.18. The minimum absolute atomic E-state index is 0.0294. The van der Waals surface area contributed by atoms with Gasteiger partial charge in [-0.05, 0) is 13.3 Å². The topological polar surface area (TPSA) is 105 Å². The molecule has 0 aliphatic carbocycles. The molecule has 1 saturated heterocycles. The number of benzene rings is 1. The third-order valence-corrected chi connectivity index (χ3v) is 6.34. The number of H-pyrrole nitrogens is 1. The average molecular weight is 366 g/mol. The van der Waals surface area contributed by atoms with E-state index in [1.54, 1.807) is 0 Å². The molecule has 9 heteroatoms. The highest BCUT2D eigenvalue weighted by molar-refractivity contribution is 7.99. The van der Waals surface area contributed by atoms with Crippen LogP contribution in [0.4, 0.5) is 0 Å². The molecule has 3 rings (SSSR count). The largest absolute Gasteiger partial charge is 0.352 e. The van der Waals surface area contributed by atoms with Gasteiger partial charge in [0.1, 0.15) is 0 Å². The van der Waals surface area contributed by atoms with E-state index < -0.39 is 9.84 Å². The van der Waals surface area contributed by atoms with Crippen LogP contribution < -0.4 is 5.32 Å². The Morgan fingerprint density at radius 2 is 2.12 bits per heavy atom. The van der Waals surface area contributed by atoms with E-state index in [2.05, 4.69) is 20.5 Å². The summed E-state index contributed by atoms with van der Waals surface area (Å²) in [6.45, 7) is 2.01. The van der Waals surface area contributed by atoms with Gasteiger partial charge in [0, 0.05) is 11.6 Å². The molecular weight excluding hydrogens is 348 g/mol. The van der Waals surface area contributed by atoms with Crippen LogP contribution in [0.15, 0.2) is 29.4 Å². The molecule has 1 fully saturated rings. The number of thioether (sulfide) groups is 1. The van der Waals surface area contributed by atoms with Crippen LogP contribution >= 0.6 is 11.8 Å². The number of hydrogen-bond acceptors (Lipinski definition) is 6. The highest BCUT2D eigenvalue weighted by atomic mass is 32.2. The Morgan fingerprint density at radius 1 is 1.38 bits per heavy atom. The number of nitrogens with one attached hydrogen (secondary N) is 2. The number of hydrogen-bond donors (Lipinski definition) is 2. The van der Waals surface area contributed by atoms with E-state index in [-0.39, 0.29) is 29.2 Å². The van der Waals surface area contributed by atoms with Crippen molar-refractivity contribution in [1.82, 2.24) is 20.5 Å². The third-order valence-electron chi connectivity index (χ3n) is 3.72. The Labute approximate surface area is 144 Å². The number of sulfone groups is 1. The molecule has 2 N–H and O–H groups in total. The zero-order valence-electron chi connectivity index (χ0n) is 13.2. The molecule has 128 valence electrons. The summed E-state index contributed by atoms with van der Waals surface area (Å²) < 4.78 is 22.8. The first kappa shape index (κ1) is 17.0. The molecule has 2 heterocycles. The van der Waals surface area contributed by atoms with Gasteiger partial charge >= 0.3 is 0 Å². The lowest BCUT2D eigenvalue weighted by atomic mass is 10.1. The Balaban J connectivity index is 1.52. The number of aryl methyl sites for hydroxylation is 1. The van der Waals surface area contributed by atoms with Crippen LogP contribution in [0.2, 0.25) is 0 Å². The van der Waals surface area contributed by atoms with Crippen LogP contribution in [0.5, 0.6) is 0 Å². The monoisotopic (exact) mass is 366 g/mol. The van der Waals surface area contributed by atoms with E-state index in [9.17, 15) is 13.2 Å². The van der Waals surface area contributed by atoms with Crippen molar-refractivity contribution in [2.45, 2.75) is 24.5 Å². The van der Waals surface area contributed by atoms with Crippen molar-refractivity contribution >= 4 is 27.5 Å². The minimum atomic E-state index is -2.99. The summed E-state index contributed by atoms with van der Waals surface area (Å²) in [5.41, 5.74) is 2.10. The lowest BCUT2D eigenvalue weighted by Gasteiger charge is -2.09. The van der Waals surface area contributed by atoms with Crippen molar-refractivity contribution in [3.63, 3.8) is 0 Å². The van der Waals surface area contributed by atoms with Gasteiger partial charge in [0.05, 0.1) is 17.3 Å². The zero-order valence-corrected chi connectivity index (χ0v) is 14.8. The van der Waals surface area contributed by atoms with Crippen LogP contribution in [0.3, 0.4) is 0 Å². The van der Waals surface area contributed by atoms with Crippen molar-refractivity contribution in [1.29, 1.82) is 0 Å². The van der Waals surface area contributed by atoms with Gasteiger partial charge in [-0.15, -0.1) is 5.10 Å². The molecule has 2 aromatic rings. The molecule has 0 spiro atoms. The molecule has 24 heavy (non-hydrogen) atoms. The molecule has 1 amide bonds. The Kier molecular flexibility index (Phi) is 4.91. The van der Waals surface area contributed by atoms with E-state index in [1.165, 1.54) is 17.3 Å². The van der Waals surface area contributed by atoms with Gasteiger partial charge in [-0.25, -0.2) is 13.4 Å². The maximum Gasteiger partial charge on any atom is 0.230 e. The standard InChI is InChI=1S/C15H18N4O3S2/c1-10-2-4-11(5-3-10)14-17-15(19-18-14)23-8-13(20)16-12-6-7-24(21,22)9-12/h2-5,12H,6-9H2,1H3,(H,16,20)(H,17,18,19)/t12-/m0/s1. The SMILES string of the molecule is Cc1ccc(-c2nc(SCC(=O)N[C@H]3CCS(=O)(=O)C3)n[nH]2)cc1. The van der Waals surface area contributed by atoms with Crippen LogP contribution in [0.25, 0.3) is 11.4 Å². The van der Waals surface area contributed by atoms with Crippen molar-refractivity contribution in [2.75, 3.05) is 17.3 Å².